The lowest BCUT2D eigenvalue weighted by atomic mass is 9.99. The third-order valence-electron chi connectivity index (χ3n) is 12.5. The minimum Gasteiger partial charge on any atom is -0.454 e. The van der Waals surface area contributed by atoms with Gasteiger partial charge in [0.2, 0.25) is 5.91 Å². The zero-order valence-electron chi connectivity index (χ0n) is 42.1. The smallest absolute Gasteiger partial charge is 0.306 e. The molecule has 1 aliphatic heterocycles. The van der Waals surface area contributed by atoms with Crippen molar-refractivity contribution in [3.05, 3.63) is 48.6 Å². The summed E-state index contributed by atoms with van der Waals surface area (Å²) in [5.41, 5.74) is 0. The third-order valence-corrected chi connectivity index (χ3v) is 12.5. The zero-order valence-corrected chi connectivity index (χ0v) is 42.1. The molecule has 1 saturated heterocycles. The Morgan fingerprint density at radius 1 is 0.606 bits per heavy atom. The van der Waals surface area contributed by atoms with Crippen molar-refractivity contribution in [3.63, 3.8) is 0 Å². The van der Waals surface area contributed by atoms with Gasteiger partial charge < -0.3 is 45.1 Å². The molecule has 0 spiro atoms. The summed E-state index contributed by atoms with van der Waals surface area (Å²) in [6, 6.07) is -1.03. The number of ether oxygens (including phenoxy) is 3. The number of esters is 1. The average Bonchev–Trinajstić information content (AvgIpc) is 3.31. The van der Waals surface area contributed by atoms with Crippen molar-refractivity contribution in [1.82, 2.24) is 5.32 Å². The largest absolute Gasteiger partial charge is 0.454 e. The summed E-state index contributed by atoms with van der Waals surface area (Å²) >= 11 is 0. The van der Waals surface area contributed by atoms with Crippen molar-refractivity contribution in [2.75, 3.05) is 13.2 Å². The molecule has 0 aromatic rings. The fraction of sp³-hybridized carbons (Fsp3) is 0.818. The fourth-order valence-corrected chi connectivity index (χ4v) is 8.15. The van der Waals surface area contributed by atoms with Crippen LogP contribution in [0, 0.1) is 0 Å². The van der Waals surface area contributed by atoms with Gasteiger partial charge in [0.05, 0.1) is 25.4 Å². The number of hydrogen-bond donors (Lipinski definition) is 6. The van der Waals surface area contributed by atoms with E-state index < -0.39 is 67.4 Å². The maximum atomic E-state index is 13.3. The quantitative estimate of drug-likeness (QED) is 0.0196. The van der Waals surface area contributed by atoms with Gasteiger partial charge in [0, 0.05) is 6.42 Å². The van der Waals surface area contributed by atoms with E-state index in [1.54, 1.807) is 6.08 Å². The molecule has 11 heteroatoms. The van der Waals surface area contributed by atoms with E-state index in [0.29, 0.717) is 12.8 Å². The van der Waals surface area contributed by atoms with E-state index in [4.69, 9.17) is 14.2 Å². The van der Waals surface area contributed by atoms with E-state index in [2.05, 4.69) is 62.5 Å². The van der Waals surface area contributed by atoms with Gasteiger partial charge >= 0.3 is 5.97 Å². The van der Waals surface area contributed by atoms with Gasteiger partial charge in [-0.05, 0) is 77.0 Å². The SMILES string of the molecule is CC/C=C/C/C=C/CCCCCCCCCC(=O)OC1C(OCC(NC(=O)C(O)CCCC/C=C\CCCCCCCC)C(O)/C=C/CCCCCCCCCCC)OC(CO)C(O)C1O. The lowest BCUT2D eigenvalue weighted by Gasteiger charge is -2.41. The molecule has 0 aromatic carbocycles. The highest BCUT2D eigenvalue weighted by Gasteiger charge is 2.47. The van der Waals surface area contributed by atoms with Gasteiger partial charge in [0.25, 0.3) is 0 Å². The lowest BCUT2D eigenvalue weighted by molar-refractivity contribution is -0.305. The number of carbonyl (C=O) groups is 2. The van der Waals surface area contributed by atoms with E-state index in [-0.39, 0.29) is 19.4 Å². The van der Waals surface area contributed by atoms with Gasteiger partial charge in [-0.25, -0.2) is 0 Å². The molecule has 11 nitrogen and oxygen atoms in total. The molecule has 1 amide bonds. The Labute approximate surface area is 402 Å². The third kappa shape index (κ3) is 32.4. The van der Waals surface area contributed by atoms with Crippen molar-refractivity contribution in [1.29, 1.82) is 0 Å². The van der Waals surface area contributed by atoms with Gasteiger partial charge in [0.1, 0.15) is 24.4 Å². The normalized spacial score (nSPS) is 20.5. The molecular weight excluding hydrogens is 835 g/mol. The summed E-state index contributed by atoms with van der Waals surface area (Å²) in [5.74, 6) is -1.22. The Bertz CT molecular complexity index is 1260. The van der Waals surface area contributed by atoms with Crippen molar-refractivity contribution in [3.8, 4) is 0 Å². The van der Waals surface area contributed by atoms with Gasteiger partial charge in [-0.1, -0.05) is 191 Å². The summed E-state index contributed by atoms with van der Waals surface area (Å²) in [6.45, 7) is 5.62. The highest BCUT2D eigenvalue weighted by molar-refractivity contribution is 5.80. The number of rotatable bonds is 44. The molecule has 0 aliphatic carbocycles. The Kier molecular flexibility index (Phi) is 41.0. The molecular formula is C55H99NO10. The minimum absolute atomic E-state index is 0.112. The predicted octanol–water partition coefficient (Wildman–Crippen LogP) is 11.3. The molecule has 8 atom stereocenters. The topological polar surface area (TPSA) is 175 Å². The van der Waals surface area contributed by atoms with Gasteiger partial charge in [-0.15, -0.1) is 0 Å². The summed E-state index contributed by atoms with van der Waals surface area (Å²) < 4.78 is 17.5. The van der Waals surface area contributed by atoms with Crippen molar-refractivity contribution in [2.24, 2.45) is 0 Å². The van der Waals surface area contributed by atoms with Crippen LogP contribution < -0.4 is 5.32 Å². The monoisotopic (exact) mass is 934 g/mol. The summed E-state index contributed by atoms with van der Waals surface area (Å²) in [5, 5.41) is 56.6. The first kappa shape index (κ1) is 61.6. The molecule has 0 saturated carbocycles. The molecule has 1 aliphatic rings. The van der Waals surface area contributed by atoms with Crippen LogP contribution >= 0.6 is 0 Å². The Morgan fingerprint density at radius 2 is 1.09 bits per heavy atom. The minimum atomic E-state index is -1.62. The molecule has 384 valence electrons. The molecule has 1 heterocycles. The summed E-state index contributed by atoms with van der Waals surface area (Å²) in [7, 11) is 0. The van der Waals surface area contributed by atoms with Gasteiger partial charge in [-0.3, -0.25) is 9.59 Å². The molecule has 8 unspecified atom stereocenters. The summed E-state index contributed by atoms with van der Waals surface area (Å²) in [4.78, 5) is 26.3. The molecule has 6 N–H and O–H groups in total. The molecule has 0 bridgehead atoms. The van der Waals surface area contributed by atoms with Crippen LogP contribution in [0.25, 0.3) is 0 Å². The highest BCUT2D eigenvalue weighted by atomic mass is 16.7. The van der Waals surface area contributed by atoms with Gasteiger partial charge in [0.15, 0.2) is 12.4 Å². The van der Waals surface area contributed by atoms with Crippen LogP contribution in [0.4, 0.5) is 0 Å². The number of unbranched alkanes of at least 4 members (excludes halogenated alkanes) is 24. The van der Waals surface area contributed by atoms with Crippen LogP contribution in [0.5, 0.6) is 0 Å². The maximum Gasteiger partial charge on any atom is 0.306 e. The molecule has 1 fully saturated rings. The molecule has 66 heavy (non-hydrogen) atoms. The van der Waals surface area contributed by atoms with Gasteiger partial charge in [-0.2, -0.15) is 0 Å². The maximum absolute atomic E-state index is 13.3. The number of aliphatic hydroxyl groups excluding tert-OH is 5. The van der Waals surface area contributed by atoms with E-state index in [1.807, 2.05) is 6.08 Å². The summed E-state index contributed by atoms with van der Waals surface area (Å²) in [6.07, 6.45) is 40.2. The van der Waals surface area contributed by atoms with Crippen LogP contribution in [-0.2, 0) is 23.8 Å². The standard InChI is InChI=1S/C55H99NO10/c1-4-7-10-13-16-19-22-24-25-28-31-34-37-40-43-50(60)66-53-52(62)51(61)49(44-57)65-55(53)64-45-46(47(58)41-38-35-32-29-26-21-18-15-12-9-6-3)56-54(63)48(59)42-39-36-33-30-27-23-20-17-14-11-8-5-2/h7,10,16,19,27,30,38,41,46-49,51-53,55,57-59,61-62H,4-6,8-9,11-15,17-18,20-26,28-29,31-37,39-40,42-45H2,1-3H3,(H,56,63)/b10-7+,19-16+,30-27-,41-38+. The average molecular weight is 934 g/mol. The second-order valence-electron chi connectivity index (χ2n) is 18.6. The number of amides is 1. The number of nitrogens with one attached hydrogen (secondary N) is 1. The Balaban J connectivity index is 2.77. The van der Waals surface area contributed by atoms with Crippen molar-refractivity contribution < 1.29 is 49.3 Å². The number of allylic oxidation sites excluding steroid dienone is 7. The Morgan fingerprint density at radius 3 is 1.64 bits per heavy atom. The highest BCUT2D eigenvalue weighted by Crippen LogP contribution is 2.26. The fourth-order valence-electron chi connectivity index (χ4n) is 8.15. The van der Waals surface area contributed by atoms with E-state index in [0.717, 1.165) is 83.5 Å². The number of hydrogen-bond acceptors (Lipinski definition) is 10. The Hall–Kier alpha value is -2.38. The first-order chi connectivity index (χ1) is 32.2. The van der Waals surface area contributed by atoms with E-state index in [9.17, 15) is 35.1 Å². The first-order valence-corrected chi connectivity index (χ1v) is 26.9. The molecule has 1 rings (SSSR count). The zero-order chi connectivity index (χ0) is 48.3. The van der Waals surface area contributed by atoms with Crippen molar-refractivity contribution in [2.45, 2.75) is 275 Å². The van der Waals surface area contributed by atoms with E-state index in [1.165, 1.54) is 96.3 Å². The van der Waals surface area contributed by atoms with Crippen LogP contribution in [0.1, 0.15) is 226 Å². The molecule has 0 radical (unpaired) electrons. The lowest BCUT2D eigenvalue weighted by Crippen LogP contribution is -2.61. The van der Waals surface area contributed by atoms with E-state index >= 15 is 0 Å². The first-order valence-electron chi connectivity index (χ1n) is 26.9. The van der Waals surface area contributed by atoms with Crippen LogP contribution in [0.3, 0.4) is 0 Å². The van der Waals surface area contributed by atoms with Crippen LogP contribution in [0.2, 0.25) is 0 Å². The van der Waals surface area contributed by atoms with Crippen LogP contribution in [0.15, 0.2) is 48.6 Å². The number of carbonyl (C=O) groups excluding carboxylic acids is 2. The number of aliphatic hydroxyl groups is 5. The van der Waals surface area contributed by atoms with Crippen molar-refractivity contribution >= 4 is 11.9 Å². The second-order valence-corrected chi connectivity index (χ2v) is 18.6. The second kappa shape index (κ2) is 43.9. The predicted molar refractivity (Wildman–Crippen MR) is 269 cm³/mol. The van der Waals surface area contributed by atoms with Crippen LogP contribution in [-0.4, -0.2) is 99.6 Å². The molecule has 0 aromatic heterocycles.